The smallest absolute Gasteiger partial charge is 0.195 e. The second-order valence-electron chi connectivity index (χ2n) is 4.50. The average Bonchev–Trinajstić information content (AvgIpc) is 2.96. The number of thiazole rings is 1. The van der Waals surface area contributed by atoms with Crippen LogP contribution in [0.1, 0.15) is 17.5 Å². The zero-order valence-corrected chi connectivity index (χ0v) is 12.3. The average molecular weight is 285 g/mol. The maximum atomic E-state index is 5.16. The van der Waals surface area contributed by atoms with Gasteiger partial charge in [-0.05, 0) is 26.0 Å². The summed E-state index contributed by atoms with van der Waals surface area (Å²) in [6.07, 6.45) is 1.68. The summed E-state index contributed by atoms with van der Waals surface area (Å²) in [4.78, 5) is 11.9. The van der Waals surface area contributed by atoms with Gasteiger partial charge in [-0.3, -0.25) is 4.40 Å². The highest BCUT2D eigenvalue weighted by atomic mass is 32.1. The monoisotopic (exact) mass is 285 g/mol. The molecule has 4 nitrogen and oxygen atoms in total. The fourth-order valence-electron chi connectivity index (χ4n) is 2.23. The van der Waals surface area contributed by atoms with Crippen LogP contribution in [-0.4, -0.2) is 21.7 Å². The Morgan fingerprint density at radius 3 is 3.10 bits per heavy atom. The van der Waals surface area contributed by atoms with E-state index in [1.54, 1.807) is 17.4 Å². The highest BCUT2D eigenvalue weighted by Crippen LogP contribution is 2.28. The molecule has 0 aliphatic carbocycles. The van der Waals surface area contributed by atoms with E-state index in [2.05, 4.69) is 34.1 Å². The number of hydrogen-bond donors (Lipinski definition) is 0. The van der Waals surface area contributed by atoms with Crippen molar-refractivity contribution in [3.05, 3.63) is 47.5 Å². The Morgan fingerprint density at radius 2 is 2.30 bits per heavy atom. The standard InChI is InChI=1S/C15H15N3OS/c1-4-9-19-17-10(2)14-11(3)18-13-8-6-5-7-12(13)16-15(18)20-14/h4-8H,1,9H2,2-3H3. The Bertz CT molecular complexity index is 813. The van der Waals surface area contributed by atoms with Crippen molar-refractivity contribution in [3.63, 3.8) is 0 Å². The molecule has 0 saturated heterocycles. The first-order chi connectivity index (χ1) is 9.72. The highest BCUT2D eigenvalue weighted by molar-refractivity contribution is 7.19. The molecule has 3 aromatic rings. The summed E-state index contributed by atoms with van der Waals surface area (Å²) in [5.74, 6) is 0. The lowest BCUT2D eigenvalue weighted by Crippen LogP contribution is -1.97. The van der Waals surface area contributed by atoms with Gasteiger partial charge in [0.2, 0.25) is 0 Å². The first-order valence-corrected chi connectivity index (χ1v) is 7.18. The molecule has 0 N–H and O–H groups in total. The molecule has 0 spiro atoms. The van der Waals surface area contributed by atoms with Crippen LogP contribution in [0.2, 0.25) is 0 Å². The summed E-state index contributed by atoms with van der Waals surface area (Å²) in [7, 11) is 0. The Balaban J connectivity index is 2.12. The van der Waals surface area contributed by atoms with Crippen LogP contribution in [0.25, 0.3) is 16.0 Å². The lowest BCUT2D eigenvalue weighted by Gasteiger charge is -2.00. The van der Waals surface area contributed by atoms with Crippen LogP contribution in [0.5, 0.6) is 0 Å². The van der Waals surface area contributed by atoms with Gasteiger partial charge in [-0.2, -0.15) is 0 Å². The van der Waals surface area contributed by atoms with Crippen molar-refractivity contribution in [2.75, 3.05) is 6.61 Å². The summed E-state index contributed by atoms with van der Waals surface area (Å²) >= 11 is 1.63. The third-order valence-electron chi connectivity index (χ3n) is 3.11. The van der Waals surface area contributed by atoms with Gasteiger partial charge in [0.05, 0.1) is 21.6 Å². The van der Waals surface area contributed by atoms with E-state index in [-0.39, 0.29) is 0 Å². The Hall–Kier alpha value is -2.14. The fourth-order valence-corrected chi connectivity index (χ4v) is 3.30. The first-order valence-electron chi connectivity index (χ1n) is 6.36. The number of aromatic nitrogens is 2. The van der Waals surface area contributed by atoms with Gasteiger partial charge < -0.3 is 4.84 Å². The number of fused-ring (bicyclic) bond motifs is 3. The fraction of sp³-hybridized carbons (Fsp3) is 0.200. The second kappa shape index (κ2) is 5.09. The predicted molar refractivity (Wildman–Crippen MR) is 83.7 cm³/mol. The molecule has 0 unspecified atom stereocenters. The van der Waals surface area contributed by atoms with E-state index in [1.165, 1.54) is 0 Å². The summed E-state index contributed by atoms with van der Waals surface area (Å²) in [5, 5.41) is 4.11. The second-order valence-corrected chi connectivity index (χ2v) is 5.47. The van der Waals surface area contributed by atoms with Gasteiger partial charge >= 0.3 is 0 Å². The van der Waals surface area contributed by atoms with Crippen LogP contribution in [0, 0.1) is 6.92 Å². The SMILES string of the molecule is C=CCON=C(C)c1sc2nc3ccccc3n2c1C. The van der Waals surface area contributed by atoms with Gasteiger partial charge in [0.1, 0.15) is 6.61 Å². The molecular weight excluding hydrogens is 270 g/mol. The van der Waals surface area contributed by atoms with Gasteiger partial charge in [-0.15, -0.1) is 0 Å². The molecule has 3 rings (SSSR count). The molecule has 0 bridgehead atoms. The summed E-state index contributed by atoms with van der Waals surface area (Å²) in [6.45, 7) is 8.05. The van der Waals surface area contributed by atoms with Crippen molar-refractivity contribution in [1.29, 1.82) is 0 Å². The minimum absolute atomic E-state index is 0.418. The predicted octanol–water partition coefficient (Wildman–Crippen LogP) is 3.78. The quantitative estimate of drug-likeness (QED) is 0.317. The van der Waals surface area contributed by atoms with Gasteiger partial charge in [-0.25, -0.2) is 4.98 Å². The van der Waals surface area contributed by atoms with Crippen molar-refractivity contribution in [1.82, 2.24) is 9.38 Å². The van der Waals surface area contributed by atoms with Gasteiger partial charge in [0.25, 0.3) is 0 Å². The van der Waals surface area contributed by atoms with Crippen molar-refractivity contribution in [3.8, 4) is 0 Å². The molecule has 5 heteroatoms. The third-order valence-corrected chi connectivity index (χ3v) is 4.36. The largest absolute Gasteiger partial charge is 0.391 e. The molecule has 2 aromatic heterocycles. The van der Waals surface area contributed by atoms with Crippen LogP contribution < -0.4 is 0 Å². The topological polar surface area (TPSA) is 38.9 Å². The molecule has 0 fully saturated rings. The molecule has 0 atom stereocenters. The maximum absolute atomic E-state index is 5.16. The normalized spacial score (nSPS) is 12.2. The number of nitrogens with zero attached hydrogens (tertiary/aromatic N) is 3. The number of oxime groups is 1. The lowest BCUT2D eigenvalue weighted by molar-refractivity contribution is 0.175. The minimum Gasteiger partial charge on any atom is -0.391 e. The number of para-hydroxylation sites is 2. The van der Waals surface area contributed by atoms with Gasteiger partial charge in [-0.1, -0.05) is 41.3 Å². The molecule has 0 aliphatic rings. The zero-order valence-electron chi connectivity index (χ0n) is 11.5. The molecule has 0 amide bonds. The van der Waals surface area contributed by atoms with E-state index in [1.807, 2.05) is 25.1 Å². The Kier molecular flexibility index (Phi) is 3.28. The summed E-state index contributed by atoms with van der Waals surface area (Å²) in [5.41, 5.74) is 4.15. The van der Waals surface area contributed by atoms with Crippen molar-refractivity contribution in [2.24, 2.45) is 5.16 Å². The van der Waals surface area contributed by atoms with E-state index >= 15 is 0 Å². The number of rotatable bonds is 4. The van der Waals surface area contributed by atoms with E-state index in [0.29, 0.717) is 6.61 Å². The molecule has 20 heavy (non-hydrogen) atoms. The molecule has 0 saturated carbocycles. The van der Waals surface area contributed by atoms with Crippen LogP contribution in [0.15, 0.2) is 42.1 Å². The minimum atomic E-state index is 0.418. The van der Waals surface area contributed by atoms with E-state index < -0.39 is 0 Å². The molecule has 0 aliphatic heterocycles. The number of benzene rings is 1. The van der Waals surface area contributed by atoms with Crippen LogP contribution in [-0.2, 0) is 4.84 Å². The molecule has 2 heterocycles. The van der Waals surface area contributed by atoms with Gasteiger partial charge in [0.15, 0.2) is 4.96 Å². The van der Waals surface area contributed by atoms with Crippen LogP contribution in [0.4, 0.5) is 0 Å². The van der Waals surface area contributed by atoms with Gasteiger partial charge in [0, 0.05) is 5.69 Å². The molecular formula is C15H15N3OS. The number of aryl methyl sites for hydroxylation is 1. The maximum Gasteiger partial charge on any atom is 0.195 e. The number of imidazole rings is 1. The van der Waals surface area contributed by atoms with Crippen LogP contribution >= 0.6 is 11.3 Å². The highest BCUT2D eigenvalue weighted by Gasteiger charge is 2.15. The Labute approximate surface area is 121 Å². The Morgan fingerprint density at radius 1 is 1.50 bits per heavy atom. The summed E-state index contributed by atoms with van der Waals surface area (Å²) < 4.78 is 2.17. The van der Waals surface area contributed by atoms with Crippen molar-refractivity contribution >= 4 is 33.0 Å². The van der Waals surface area contributed by atoms with Crippen LogP contribution in [0.3, 0.4) is 0 Å². The zero-order chi connectivity index (χ0) is 14.1. The lowest BCUT2D eigenvalue weighted by atomic mass is 10.3. The summed E-state index contributed by atoms with van der Waals surface area (Å²) in [6, 6.07) is 8.15. The van der Waals surface area contributed by atoms with Crippen molar-refractivity contribution in [2.45, 2.75) is 13.8 Å². The van der Waals surface area contributed by atoms with E-state index in [4.69, 9.17) is 4.84 Å². The van der Waals surface area contributed by atoms with E-state index in [9.17, 15) is 0 Å². The number of hydrogen-bond acceptors (Lipinski definition) is 4. The first kappa shape index (κ1) is 12.9. The van der Waals surface area contributed by atoms with Crippen molar-refractivity contribution < 1.29 is 4.84 Å². The molecule has 102 valence electrons. The molecule has 1 aromatic carbocycles. The molecule has 0 radical (unpaired) electrons. The third kappa shape index (κ3) is 2.00. The van der Waals surface area contributed by atoms with E-state index in [0.717, 1.165) is 32.3 Å².